The summed E-state index contributed by atoms with van der Waals surface area (Å²) in [4.78, 5) is 13.2. The zero-order valence-corrected chi connectivity index (χ0v) is 11.3. The molecule has 0 spiro atoms. The molecule has 1 aliphatic heterocycles. The average molecular weight is 298 g/mol. The molecule has 1 fully saturated rings. The maximum absolute atomic E-state index is 12.9. The number of anilines is 1. The first kappa shape index (κ1) is 15.3. The predicted molar refractivity (Wildman–Crippen MR) is 68.3 cm³/mol. The molecule has 1 amide bonds. The van der Waals surface area contributed by atoms with E-state index in [2.05, 4.69) is 0 Å². The number of hydrogen-bond donors (Lipinski definition) is 1. The molecule has 1 N–H and O–H groups in total. The lowest BCUT2D eigenvalue weighted by Crippen LogP contribution is -2.34. The van der Waals surface area contributed by atoms with E-state index >= 15 is 0 Å². The number of hydrogen-bond acceptors (Lipinski definition) is 3. The van der Waals surface area contributed by atoms with Crippen molar-refractivity contribution in [1.29, 1.82) is 5.26 Å². The zero-order valence-electron chi connectivity index (χ0n) is 11.3. The number of nitrogens with zero attached hydrogens (tertiary/aromatic N) is 2. The van der Waals surface area contributed by atoms with Gasteiger partial charge in [-0.1, -0.05) is 6.92 Å². The number of carbonyl (C=O) groups excluding carboxylic acids is 1. The highest BCUT2D eigenvalue weighted by Crippen LogP contribution is 2.37. The number of rotatable bonds is 1. The minimum absolute atomic E-state index is 0.0298. The van der Waals surface area contributed by atoms with Gasteiger partial charge in [-0.2, -0.15) is 18.4 Å². The summed E-state index contributed by atoms with van der Waals surface area (Å²) in [6.07, 6.45) is -5.63. The lowest BCUT2D eigenvalue weighted by atomic mass is 10.0. The molecule has 1 aromatic carbocycles. The first-order valence-corrected chi connectivity index (χ1v) is 6.31. The fraction of sp³-hybridized carbons (Fsp3) is 0.429. The van der Waals surface area contributed by atoms with Gasteiger partial charge in [0.1, 0.15) is 0 Å². The molecule has 0 radical (unpaired) electrons. The Balaban J connectivity index is 2.52. The van der Waals surface area contributed by atoms with Crippen LogP contribution < -0.4 is 4.90 Å². The Labute approximate surface area is 119 Å². The van der Waals surface area contributed by atoms with Crippen LogP contribution in [0.3, 0.4) is 0 Å². The minimum Gasteiger partial charge on any atom is -0.390 e. The van der Waals surface area contributed by atoms with Crippen LogP contribution in [0.25, 0.3) is 0 Å². The molecule has 0 bridgehead atoms. The van der Waals surface area contributed by atoms with E-state index in [4.69, 9.17) is 5.26 Å². The second-order valence-electron chi connectivity index (χ2n) is 5.07. The lowest BCUT2D eigenvalue weighted by molar-refractivity contribution is -0.137. The third-order valence-corrected chi connectivity index (χ3v) is 3.75. The molecule has 21 heavy (non-hydrogen) atoms. The highest BCUT2D eigenvalue weighted by Gasteiger charge is 2.44. The van der Waals surface area contributed by atoms with E-state index < -0.39 is 41.3 Å². The van der Waals surface area contributed by atoms with Crippen molar-refractivity contribution in [3.8, 4) is 6.07 Å². The fourth-order valence-corrected chi connectivity index (χ4v) is 2.51. The smallest absolute Gasteiger partial charge is 0.390 e. The largest absolute Gasteiger partial charge is 0.417 e. The Morgan fingerprint density at radius 2 is 1.95 bits per heavy atom. The number of aliphatic hydroxyl groups excluding tert-OH is 1. The van der Waals surface area contributed by atoms with Gasteiger partial charge in [-0.25, -0.2) is 0 Å². The maximum atomic E-state index is 12.9. The van der Waals surface area contributed by atoms with E-state index in [1.165, 1.54) is 19.1 Å². The SMILES string of the molecule is CC1C(=O)N(c2ccc(C#N)c(C(F)(F)F)c2)C(C)C1O. The van der Waals surface area contributed by atoms with Crippen LogP contribution in [0.1, 0.15) is 25.0 Å². The minimum atomic E-state index is -4.68. The van der Waals surface area contributed by atoms with Crippen molar-refractivity contribution in [3.05, 3.63) is 29.3 Å². The molecule has 0 aliphatic carbocycles. The zero-order chi connectivity index (χ0) is 15.9. The van der Waals surface area contributed by atoms with Crippen LogP contribution in [0.4, 0.5) is 18.9 Å². The summed E-state index contributed by atoms with van der Waals surface area (Å²) in [6, 6.07) is 3.96. The number of alkyl halides is 3. The standard InChI is InChI=1S/C14H13F3N2O2/c1-7-12(20)8(2)19(13(7)21)10-4-3-9(6-18)11(5-10)14(15,16)17/h3-5,7-8,12,20H,1-2H3. The summed E-state index contributed by atoms with van der Waals surface area (Å²) in [5, 5.41) is 18.6. The molecule has 1 heterocycles. The molecule has 1 aliphatic rings. The van der Waals surface area contributed by atoms with Gasteiger partial charge in [-0.3, -0.25) is 4.79 Å². The third-order valence-electron chi connectivity index (χ3n) is 3.75. The van der Waals surface area contributed by atoms with Crippen molar-refractivity contribution in [2.45, 2.75) is 32.2 Å². The van der Waals surface area contributed by atoms with Crippen LogP contribution in [-0.4, -0.2) is 23.2 Å². The number of benzene rings is 1. The second kappa shape index (κ2) is 5.04. The number of amides is 1. The van der Waals surface area contributed by atoms with Crippen molar-refractivity contribution in [2.24, 2.45) is 5.92 Å². The van der Waals surface area contributed by atoms with E-state index in [0.717, 1.165) is 17.0 Å². The number of carbonyl (C=O) groups is 1. The Kier molecular flexibility index (Phi) is 3.68. The summed E-state index contributed by atoms with van der Waals surface area (Å²) in [6.45, 7) is 3.09. The monoisotopic (exact) mass is 298 g/mol. The van der Waals surface area contributed by atoms with Gasteiger partial charge >= 0.3 is 6.18 Å². The topological polar surface area (TPSA) is 64.3 Å². The summed E-state index contributed by atoms with van der Waals surface area (Å²) in [5.41, 5.74) is -1.56. The Bertz CT molecular complexity index is 622. The molecule has 3 atom stereocenters. The Morgan fingerprint density at radius 1 is 1.33 bits per heavy atom. The van der Waals surface area contributed by atoms with Gasteiger partial charge in [0.2, 0.25) is 5.91 Å². The molecular weight excluding hydrogens is 285 g/mol. The van der Waals surface area contributed by atoms with E-state index in [1.54, 1.807) is 6.92 Å². The van der Waals surface area contributed by atoms with E-state index in [1.807, 2.05) is 0 Å². The number of nitriles is 1. The highest BCUT2D eigenvalue weighted by molar-refractivity contribution is 5.98. The van der Waals surface area contributed by atoms with Gasteiger partial charge in [0.15, 0.2) is 0 Å². The first-order valence-electron chi connectivity index (χ1n) is 6.31. The predicted octanol–water partition coefficient (Wildman–Crippen LogP) is 2.31. The summed E-state index contributed by atoms with van der Waals surface area (Å²) in [5.74, 6) is -1.11. The van der Waals surface area contributed by atoms with Crippen LogP contribution in [0.5, 0.6) is 0 Å². The van der Waals surface area contributed by atoms with Crippen LogP contribution in [0.15, 0.2) is 18.2 Å². The van der Waals surface area contributed by atoms with E-state index in [0.29, 0.717) is 0 Å². The normalized spacial score (nSPS) is 26.0. The van der Waals surface area contributed by atoms with Crippen LogP contribution in [0.2, 0.25) is 0 Å². The molecule has 2 rings (SSSR count). The van der Waals surface area contributed by atoms with Gasteiger partial charge < -0.3 is 10.0 Å². The van der Waals surface area contributed by atoms with Gasteiger partial charge in [0.05, 0.1) is 35.3 Å². The molecule has 0 saturated carbocycles. The van der Waals surface area contributed by atoms with Crippen LogP contribution in [-0.2, 0) is 11.0 Å². The first-order chi connectivity index (χ1) is 9.68. The second-order valence-corrected chi connectivity index (χ2v) is 5.07. The Hall–Kier alpha value is -2.07. The lowest BCUT2D eigenvalue weighted by Gasteiger charge is -2.24. The van der Waals surface area contributed by atoms with Gasteiger partial charge in [-0.15, -0.1) is 0 Å². The van der Waals surface area contributed by atoms with E-state index in [9.17, 15) is 23.1 Å². The summed E-state index contributed by atoms with van der Waals surface area (Å²) >= 11 is 0. The Morgan fingerprint density at radius 3 is 2.38 bits per heavy atom. The van der Waals surface area contributed by atoms with Gasteiger partial charge in [-0.05, 0) is 25.1 Å². The fourth-order valence-electron chi connectivity index (χ4n) is 2.51. The van der Waals surface area contributed by atoms with Gasteiger partial charge in [0.25, 0.3) is 0 Å². The number of aliphatic hydroxyl groups is 1. The highest BCUT2D eigenvalue weighted by atomic mass is 19.4. The van der Waals surface area contributed by atoms with Crippen molar-refractivity contribution in [3.63, 3.8) is 0 Å². The van der Waals surface area contributed by atoms with Crippen molar-refractivity contribution >= 4 is 11.6 Å². The molecule has 0 aromatic heterocycles. The molecular formula is C14H13F3N2O2. The molecule has 1 saturated heterocycles. The molecule has 7 heteroatoms. The maximum Gasteiger partial charge on any atom is 0.417 e. The van der Waals surface area contributed by atoms with Crippen molar-refractivity contribution in [1.82, 2.24) is 0 Å². The molecule has 4 nitrogen and oxygen atoms in total. The number of halogens is 3. The molecule has 1 aromatic rings. The van der Waals surface area contributed by atoms with Crippen molar-refractivity contribution < 1.29 is 23.1 Å². The van der Waals surface area contributed by atoms with Gasteiger partial charge in [0, 0.05) is 5.69 Å². The summed E-state index contributed by atoms with van der Waals surface area (Å²) < 4.78 is 38.8. The van der Waals surface area contributed by atoms with E-state index in [-0.39, 0.29) is 5.69 Å². The van der Waals surface area contributed by atoms with Crippen molar-refractivity contribution in [2.75, 3.05) is 4.90 Å². The summed E-state index contributed by atoms with van der Waals surface area (Å²) in [7, 11) is 0. The molecule has 112 valence electrons. The third kappa shape index (κ3) is 2.47. The van der Waals surface area contributed by atoms with Crippen LogP contribution in [0, 0.1) is 17.2 Å². The van der Waals surface area contributed by atoms with Crippen LogP contribution >= 0.6 is 0 Å². The average Bonchev–Trinajstić information content (AvgIpc) is 2.61. The molecule has 3 unspecified atom stereocenters. The quantitative estimate of drug-likeness (QED) is 0.865.